The van der Waals surface area contributed by atoms with Crippen LogP contribution >= 0.6 is 15.9 Å². The Labute approximate surface area is 112 Å². The molecule has 1 rings (SSSR count). The smallest absolute Gasteiger partial charge is 0.0669 e. The maximum Gasteiger partial charge on any atom is 0.0669 e. The van der Waals surface area contributed by atoms with Crippen LogP contribution in [0.15, 0.2) is 22.7 Å². The summed E-state index contributed by atoms with van der Waals surface area (Å²) >= 11 is 3.49. The number of rotatable bonds is 5. The van der Waals surface area contributed by atoms with Crippen molar-refractivity contribution in [1.29, 1.82) is 5.26 Å². The van der Waals surface area contributed by atoms with Crippen molar-refractivity contribution in [3.8, 4) is 6.07 Å². The van der Waals surface area contributed by atoms with E-state index < -0.39 is 0 Å². The van der Waals surface area contributed by atoms with Gasteiger partial charge < -0.3 is 4.90 Å². The first-order valence-electron chi connectivity index (χ1n) is 5.90. The third-order valence-electron chi connectivity index (χ3n) is 2.96. The number of nitrogens with zero attached hydrogens (tertiary/aromatic N) is 2. The quantitative estimate of drug-likeness (QED) is 0.827. The van der Waals surface area contributed by atoms with Crippen molar-refractivity contribution in [2.24, 2.45) is 5.92 Å². The van der Waals surface area contributed by atoms with E-state index in [9.17, 15) is 0 Å². The molecule has 1 aromatic rings. The van der Waals surface area contributed by atoms with E-state index in [1.54, 1.807) is 0 Å². The van der Waals surface area contributed by atoms with E-state index in [1.165, 1.54) is 11.1 Å². The van der Waals surface area contributed by atoms with E-state index >= 15 is 0 Å². The predicted octanol–water partition coefficient (Wildman–Crippen LogP) is 3.74. The van der Waals surface area contributed by atoms with Gasteiger partial charge in [-0.25, -0.2) is 0 Å². The molecule has 0 spiro atoms. The van der Waals surface area contributed by atoms with E-state index in [4.69, 9.17) is 5.26 Å². The van der Waals surface area contributed by atoms with Gasteiger partial charge in [-0.2, -0.15) is 5.26 Å². The summed E-state index contributed by atoms with van der Waals surface area (Å²) in [6.45, 7) is 5.91. The maximum atomic E-state index is 8.96. The molecule has 0 saturated heterocycles. The van der Waals surface area contributed by atoms with Crippen LogP contribution in [0, 0.1) is 24.2 Å². The standard InChI is InChI=1S/C14H19BrN2/c1-4-12(8-16)9-17(3)10-13-7-14(15)6-5-11(13)2/h5-7,12H,4,9-10H2,1-3H3. The second kappa shape index (κ2) is 6.78. The number of benzene rings is 1. The minimum atomic E-state index is 0.132. The van der Waals surface area contributed by atoms with Crippen molar-refractivity contribution in [3.63, 3.8) is 0 Å². The summed E-state index contributed by atoms with van der Waals surface area (Å²) in [5.74, 6) is 0.132. The number of aryl methyl sites for hydroxylation is 1. The average Bonchev–Trinajstić information content (AvgIpc) is 2.31. The van der Waals surface area contributed by atoms with Gasteiger partial charge in [-0.05, 0) is 43.7 Å². The van der Waals surface area contributed by atoms with E-state index in [2.05, 4.69) is 66.0 Å². The van der Waals surface area contributed by atoms with Gasteiger partial charge in [-0.1, -0.05) is 28.9 Å². The van der Waals surface area contributed by atoms with Crippen molar-refractivity contribution in [2.45, 2.75) is 26.8 Å². The zero-order valence-electron chi connectivity index (χ0n) is 10.7. The van der Waals surface area contributed by atoms with E-state index in [0.717, 1.165) is 24.0 Å². The molecule has 0 bridgehead atoms. The van der Waals surface area contributed by atoms with Gasteiger partial charge in [-0.3, -0.25) is 0 Å². The number of hydrogen-bond donors (Lipinski definition) is 0. The first-order chi connectivity index (χ1) is 8.06. The minimum absolute atomic E-state index is 0.132. The molecular weight excluding hydrogens is 276 g/mol. The average molecular weight is 295 g/mol. The Kier molecular flexibility index (Phi) is 5.67. The largest absolute Gasteiger partial charge is 0.301 e. The van der Waals surface area contributed by atoms with Gasteiger partial charge in [0.15, 0.2) is 0 Å². The highest BCUT2D eigenvalue weighted by molar-refractivity contribution is 9.10. The fraction of sp³-hybridized carbons (Fsp3) is 0.500. The summed E-state index contributed by atoms with van der Waals surface area (Å²) < 4.78 is 1.11. The maximum absolute atomic E-state index is 8.96. The third kappa shape index (κ3) is 4.49. The fourth-order valence-electron chi connectivity index (χ4n) is 1.80. The predicted molar refractivity (Wildman–Crippen MR) is 74.6 cm³/mol. The monoisotopic (exact) mass is 294 g/mol. The Morgan fingerprint density at radius 2 is 2.18 bits per heavy atom. The molecule has 0 heterocycles. The van der Waals surface area contributed by atoms with E-state index in [0.29, 0.717) is 0 Å². The molecule has 0 N–H and O–H groups in total. The van der Waals surface area contributed by atoms with Gasteiger partial charge in [0.2, 0.25) is 0 Å². The molecule has 92 valence electrons. The van der Waals surface area contributed by atoms with E-state index in [-0.39, 0.29) is 5.92 Å². The molecule has 1 atom stereocenters. The van der Waals surface area contributed by atoms with Gasteiger partial charge in [0, 0.05) is 17.6 Å². The summed E-state index contributed by atoms with van der Waals surface area (Å²) in [6, 6.07) is 8.67. The first-order valence-corrected chi connectivity index (χ1v) is 6.69. The van der Waals surface area contributed by atoms with Crippen LogP contribution in [0.5, 0.6) is 0 Å². The zero-order valence-corrected chi connectivity index (χ0v) is 12.3. The third-order valence-corrected chi connectivity index (χ3v) is 3.45. The molecule has 0 radical (unpaired) electrons. The molecule has 0 saturated carbocycles. The summed E-state index contributed by atoms with van der Waals surface area (Å²) in [5.41, 5.74) is 2.61. The Balaban J connectivity index is 2.65. The van der Waals surface area contributed by atoms with Crippen molar-refractivity contribution in [1.82, 2.24) is 4.90 Å². The summed E-state index contributed by atoms with van der Waals surface area (Å²) in [6.07, 6.45) is 0.915. The highest BCUT2D eigenvalue weighted by Crippen LogP contribution is 2.18. The van der Waals surface area contributed by atoms with Crippen LogP contribution in [0.2, 0.25) is 0 Å². The summed E-state index contributed by atoms with van der Waals surface area (Å²) in [4.78, 5) is 2.21. The lowest BCUT2D eigenvalue weighted by Crippen LogP contribution is -2.24. The molecule has 0 aliphatic carbocycles. The highest BCUT2D eigenvalue weighted by Gasteiger charge is 2.10. The Morgan fingerprint density at radius 3 is 2.76 bits per heavy atom. The van der Waals surface area contributed by atoms with E-state index in [1.807, 2.05) is 0 Å². The lowest BCUT2D eigenvalue weighted by molar-refractivity contribution is 0.292. The van der Waals surface area contributed by atoms with Gasteiger partial charge in [0.05, 0.1) is 12.0 Å². The first kappa shape index (κ1) is 14.2. The zero-order chi connectivity index (χ0) is 12.8. The second-order valence-electron chi connectivity index (χ2n) is 4.50. The highest BCUT2D eigenvalue weighted by atomic mass is 79.9. The molecule has 0 aromatic heterocycles. The van der Waals surface area contributed by atoms with Crippen LogP contribution in [0.25, 0.3) is 0 Å². The molecule has 2 nitrogen and oxygen atoms in total. The fourth-order valence-corrected chi connectivity index (χ4v) is 2.21. The lowest BCUT2D eigenvalue weighted by atomic mass is 10.1. The number of nitriles is 1. The second-order valence-corrected chi connectivity index (χ2v) is 5.42. The topological polar surface area (TPSA) is 27.0 Å². The number of hydrogen-bond acceptors (Lipinski definition) is 2. The molecule has 3 heteroatoms. The van der Waals surface area contributed by atoms with Gasteiger partial charge in [-0.15, -0.1) is 0 Å². The van der Waals surface area contributed by atoms with Crippen LogP contribution in [-0.4, -0.2) is 18.5 Å². The Morgan fingerprint density at radius 1 is 1.47 bits per heavy atom. The SMILES string of the molecule is CCC(C#N)CN(C)Cc1cc(Br)ccc1C. The molecule has 1 aromatic carbocycles. The molecule has 0 aliphatic heterocycles. The van der Waals surface area contributed by atoms with Crippen molar-refractivity contribution >= 4 is 15.9 Å². The van der Waals surface area contributed by atoms with Gasteiger partial charge in [0.25, 0.3) is 0 Å². The van der Waals surface area contributed by atoms with Gasteiger partial charge in [0.1, 0.15) is 0 Å². The van der Waals surface area contributed by atoms with Crippen molar-refractivity contribution < 1.29 is 0 Å². The number of halogens is 1. The van der Waals surface area contributed by atoms with Gasteiger partial charge >= 0.3 is 0 Å². The normalized spacial score (nSPS) is 12.5. The molecule has 0 amide bonds. The molecule has 0 fully saturated rings. The lowest BCUT2D eigenvalue weighted by Gasteiger charge is -2.20. The molecule has 17 heavy (non-hydrogen) atoms. The van der Waals surface area contributed by atoms with Crippen molar-refractivity contribution in [3.05, 3.63) is 33.8 Å². The Bertz CT molecular complexity index is 409. The van der Waals surface area contributed by atoms with Crippen LogP contribution in [0.4, 0.5) is 0 Å². The van der Waals surface area contributed by atoms with Crippen LogP contribution < -0.4 is 0 Å². The van der Waals surface area contributed by atoms with Crippen molar-refractivity contribution in [2.75, 3.05) is 13.6 Å². The summed E-state index contributed by atoms with van der Waals surface area (Å²) in [5, 5.41) is 8.96. The van der Waals surface area contributed by atoms with Crippen LogP contribution in [-0.2, 0) is 6.54 Å². The minimum Gasteiger partial charge on any atom is -0.301 e. The molecular formula is C14H19BrN2. The molecule has 1 unspecified atom stereocenters. The Hall–Kier alpha value is -0.850. The van der Waals surface area contributed by atoms with Crippen LogP contribution in [0.3, 0.4) is 0 Å². The summed E-state index contributed by atoms with van der Waals surface area (Å²) in [7, 11) is 2.07. The van der Waals surface area contributed by atoms with Crippen LogP contribution in [0.1, 0.15) is 24.5 Å². The molecule has 0 aliphatic rings.